The lowest BCUT2D eigenvalue weighted by molar-refractivity contribution is 0.111. The number of carbonyl (C=O) groups is 1. The molecule has 0 bridgehead atoms. The third-order valence-corrected chi connectivity index (χ3v) is 3.25. The molecule has 2 rings (SSSR count). The lowest BCUT2D eigenvalue weighted by atomic mass is 10.1. The normalized spacial score (nSPS) is 10.3. The van der Waals surface area contributed by atoms with Crippen molar-refractivity contribution in [2.24, 2.45) is 0 Å². The smallest absolute Gasteiger partial charge is 0.154 e. The third kappa shape index (κ3) is 2.86. The van der Waals surface area contributed by atoms with Gasteiger partial charge in [0.05, 0.1) is 17.9 Å². The lowest BCUT2D eigenvalue weighted by Gasteiger charge is -2.14. The van der Waals surface area contributed by atoms with E-state index in [2.05, 4.69) is 4.98 Å². The molecule has 4 nitrogen and oxygen atoms in total. The highest BCUT2D eigenvalue weighted by molar-refractivity contribution is 5.82. The summed E-state index contributed by atoms with van der Waals surface area (Å²) in [7, 11) is 0. The molecule has 0 aliphatic carbocycles. The maximum absolute atomic E-state index is 11.2. The number of aliphatic hydroxyl groups is 1. The molecule has 0 radical (unpaired) electrons. The average Bonchev–Trinajstić information content (AvgIpc) is 2.47. The Balaban J connectivity index is 2.29. The van der Waals surface area contributed by atoms with E-state index < -0.39 is 0 Å². The van der Waals surface area contributed by atoms with Gasteiger partial charge in [0.2, 0.25) is 0 Å². The highest BCUT2D eigenvalue weighted by Crippen LogP contribution is 2.25. The molecule has 1 N–H and O–H groups in total. The highest BCUT2D eigenvalue weighted by atomic mass is 16.5. The Morgan fingerprint density at radius 1 is 1.25 bits per heavy atom. The van der Waals surface area contributed by atoms with Crippen LogP contribution in [0.15, 0.2) is 30.5 Å². The van der Waals surface area contributed by atoms with Crippen LogP contribution >= 0.6 is 0 Å². The number of ether oxygens (including phenoxy) is 1. The molecule has 0 atom stereocenters. The van der Waals surface area contributed by atoms with Crippen molar-refractivity contribution in [2.45, 2.75) is 27.1 Å². The zero-order valence-corrected chi connectivity index (χ0v) is 11.6. The second-order valence-corrected chi connectivity index (χ2v) is 4.60. The van der Waals surface area contributed by atoms with Crippen molar-refractivity contribution >= 4 is 6.29 Å². The van der Waals surface area contributed by atoms with Gasteiger partial charge in [0.25, 0.3) is 0 Å². The van der Waals surface area contributed by atoms with Crippen molar-refractivity contribution in [1.82, 2.24) is 4.98 Å². The number of aldehydes is 1. The van der Waals surface area contributed by atoms with E-state index in [4.69, 9.17) is 4.74 Å². The maximum atomic E-state index is 11.2. The summed E-state index contributed by atoms with van der Waals surface area (Å²) in [4.78, 5) is 15.4. The van der Waals surface area contributed by atoms with E-state index in [1.54, 1.807) is 6.92 Å². The molecule has 0 amide bonds. The summed E-state index contributed by atoms with van der Waals surface area (Å²) in [5.41, 5.74) is 3.67. The van der Waals surface area contributed by atoms with Gasteiger partial charge in [-0.05, 0) is 25.0 Å². The molecule has 0 saturated heterocycles. The van der Waals surface area contributed by atoms with Crippen molar-refractivity contribution in [2.75, 3.05) is 0 Å². The summed E-state index contributed by atoms with van der Waals surface area (Å²) < 4.78 is 5.76. The van der Waals surface area contributed by atoms with Gasteiger partial charge in [-0.15, -0.1) is 0 Å². The molecule has 0 fully saturated rings. The first-order valence-electron chi connectivity index (χ1n) is 6.39. The van der Waals surface area contributed by atoms with Gasteiger partial charge in [0, 0.05) is 11.8 Å². The standard InChI is InChI=1S/C16H17NO3/c1-11-5-3-4-6-13(11)10-20-16-12(2)17-7-14(8-18)15(16)9-19/h3-7,9,18H,8,10H2,1-2H3. The SMILES string of the molecule is Cc1ccccc1COc1c(C)ncc(CO)c1C=O. The fourth-order valence-corrected chi connectivity index (χ4v) is 2.00. The van der Waals surface area contributed by atoms with Crippen LogP contribution < -0.4 is 4.74 Å². The molecule has 1 heterocycles. The zero-order chi connectivity index (χ0) is 14.5. The van der Waals surface area contributed by atoms with Gasteiger partial charge < -0.3 is 9.84 Å². The fourth-order valence-electron chi connectivity index (χ4n) is 2.00. The van der Waals surface area contributed by atoms with Crippen molar-refractivity contribution in [3.05, 3.63) is 58.4 Å². The molecule has 0 aliphatic heterocycles. The largest absolute Gasteiger partial charge is 0.486 e. The second-order valence-electron chi connectivity index (χ2n) is 4.60. The molecule has 1 aromatic heterocycles. The van der Waals surface area contributed by atoms with E-state index in [9.17, 15) is 9.90 Å². The van der Waals surface area contributed by atoms with Crippen LogP contribution in [-0.4, -0.2) is 16.4 Å². The topological polar surface area (TPSA) is 59.4 Å². The average molecular weight is 271 g/mol. The van der Waals surface area contributed by atoms with E-state index in [-0.39, 0.29) is 6.61 Å². The van der Waals surface area contributed by atoms with Crippen molar-refractivity contribution in [3.63, 3.8) is 0 Å². The van der Waals surface area contributed by atoms with Crippen molar-refractivity contribution < 1.29 is 14.6 Å². The molecule has 4 heteroatoms. The maximum Gasteiger partial charge on any atom is 0.154 e. The molecule has 20 heavy (non-hydrogen) atoms. The minimum atomic E-state index is -0.234. The molecule has 0 aliphatic rings. The number of pyridine rings is 1. The molecule has 0 spiro atoms. The Morgan fingerprint density at radius 2 is 2.00 bits per heavy atom. The van der Waals surface area contributed by atoms with Gasteiger partial charge in [-0.3, -0.25) is 9.78 Å². The van der Waals surface area contributed by atoms with Crippen LogP contribution in [0, 0.1) is 13.8 Å². The number of aryl methyl sites for hydroxylation is 2. The Morgan fingerprint density at radius 3 is 2.65 bits per heavy atom. The monoisotopic (exact) mass is 271 g/mol. The number of rotatable bonds is 5. The molecule has 0 saturated carbocycles. The van der Waals surface area contributed by atoms with Crippen molar-refractivity contribution in [3.8, 4) is 5.75 Å². The first kappa shape index (κ1) is 14.2. The Labute approximate surface area is 118 Å². The van der Waals surface area contributed by atoms with Gasteiger partial charge >= 0.3 is 0 Å². The first-order chi connectivity index (χ1) is 9.67. The van der Waals surface area contributed by atoms with E-state index >= 15 is 0 Å². The van der Waals surface area contributed by atoms with Crippen LogP contribution in [-0.2, 0) is 13.2 Å². The molecule has 0 unspecified atom stereocenters. The first-order valence-corrected chi connectivity index (χ1v) is 6.39. The van der Waals surface area contributed by atoms with E-state index in [0.29, 0.717) is 35.5 Å². The minimum absolute atomic E-state index is 0.234. The zero-order valence-electron chi connectivity index (χ0n) is 11.6. The Hall–Kier alpha value is -2.20. The Kier molecular flexibility index (Phi) is 4.48. The number of carbonyl (C=O) groups excluding carboxylic acids is 1. The van der Waals surface area contributed by atoms with Crippen LogP contribution in [0.5, 0.6) is 5.75 Å². The fraction of sp³-hybridized carbons (Fsp3) is 0.250. The quantitative estimate of drug-likeness (QED) is 0.849. The highest BCUT2D eigenvalue weighted by Gasteiger charge is 2.13. The number of hydrogen-bond acceptors (Lipinski definition) is 4. The van der Waals surface area contributed by atoms with Gasteiger partial charge in [-0.1, -0.05) is 24.3 Å². The van der Waals surface area contributed by atoms with Crippen LogP contribution in [0.3, 0.4) is 0 Å². The lowest BCUT2D eigenvalue weighted by Crippen LogP contribution is -2.05. The Bertz CT molecular complexity index is 623. The third-order valence-electron chi connectivity index (χ3n) is 3.25. The van der Waals surface area contributed by atoms with Gasteiger partial charge in [0.1, 0.15) is 6.61 Å². The van der Waals surface area contributed by atoms with Gasteiger partial charge in [0.15, 0.2) is 12.0 Å². The molecule has 1 aromatic carbocycles. The predicted octanol–water partition coefficient (Wildman–Crippen LogP) is 2.58. The number of benzene rings is 1. The van der Waals surface area contributed by atoms with E-state index in [1.165, 1.54) is 6.20 Å². The van der Waals surface area contributed by atoms with E-state index in [0.717, 1.165) is 11.1 Å². The molecule has 2 aromatic rings. The number of hydrogen-bond donors (Lipinski definition) is 1. The summed E-state index contributed by atoms with van der Waals surface area (Å²) in [6.45, 7) is 3.92. The molecular formula is C16H17NO3. The van der Waals surface area contributed by atoms with Crippen LogP contribution in [0.4, 0.5) is 0 Å². The number of aliphatic hydroxyl groups excluding tert-OH is 1. The van der Waals surface area contributed by atoms with Gasteiger partial charge in [-0.2, -0.15) is 0 Å². The van der Waals surface area contributed by atoms with Crippen molar-refractivity contribution in [1.29, 1.82) is 0 Å². The summed E-state index contributed by atoms with van der Waals surface area (Å²) in [5.74, 6) is 0.440. The molecular weight excluding hydrogens is 254 g/mol. The summed E-state index contributed by atoms with van der Waals surface area (Å²) >= 11 is 0. The van der Waals surface area contributed by atoms with Crippen LogP contribution in [0.2, 0.25) is 0 Å². The number of nitrogens with zero attached hydrogens (tertiary/aromatic N) is 1. The predicted molar refractivity (Wildman–Crippen MR) is 75.8 cm³/mol. The van der Waals surface area contributed by atoms with Gasteiger partial charge in [-0.25, -0.2) is 0 Å². The number of aromatic nitrogens is 1. The van der Waals surface area contributed by atoms with Crippen LogP contribution in [0.25, 0.3) is 0 Å². The van der Waals surface area contributed by atoms with E-state index in [1.807, 2.05) is 31.2 Å². The second kappa shape index (κ2) is 6.30. The minimum Gasteiger partial charge on any atom is -0.486 e. The summed E-state index contributed by atoms with van der Waals surface area (Å²) in [6.07, 6.45) is 2.20. The molecule has 104 valence electrons. The summed E-state index contributed by atoms with van der Waals surface area (Å²) in [5, 5.41) is 9.24. The summed E-state index contributed by atoms with van der Waals surface area (Å²) in [6, 6.07) is 7.90. The van der Waals surface area contributed by atoms with Crippen LogP contribution in [0.1, 0.15) is 32.7 Å².